The summed E-state index contributed by atoms with van der Waals surface area (Å²) >= 11 is 5.84. The molecule has 104 valence electrons. The van der Waals surface area contributed by atoms with Crippen molar-refractivity contribution in [3.63, 3.8) is 0 Å². The van der Waals surface area contributed by atoms with Crippen molar-refractivity contribution >= 4 is 17.5 Å². The van der Waals surface area contributed by atoms with Gasteiger partial charge in [-0.05, 0) is 49.9 Å². The Hall–Kier alpha value is -1.22. The summed E-state index contributed by atoms with van der Waals surface area (Å²) in [6.45, 7) is 3.70. The molecule has 0 saturated carbocycles. The van der Waals surface area contributed by atoms with E-state index in [0.717, 1.165) is 25.9 Å². The number of piperidine rings is 1. The molecule has 1 heterocycles. The third kappa shape index (κ3) is 3.87. The topological polar surface area (TPSA) is 29.5 Å². The molecule has 1 aromatic carbocycles. The summed E-state index contributed by atoms with van der Waals surface area (Å²) in [5.41, 5.74) is 0. The molecule has 19 heavy (non-hydrogen) atoms. The largest absolute Gasteiger partial charge is 0.481 e. The first kappa shape index (κ1) is 14.2. The van der Waals surface area contributed by atoms with Crippen LogP contribution in [0.15, 0.2) is 24.3 Å². The second-order valence-corrected chi connectivity index (χ2v) is 5.29. The van der Waals surface area contributed by atoms with Crippen LogP contribution in [0, 0.1) is 0 Å². The quantitative estimate of drug-likeness (QED) is 0.845. The van der Waals surface area contributed by atoms with Crippen molar-refractivity contribution in [2.75, 3.05) is 13.1 Å². The monoisotopic (exact) mass is 281 g/mol. The highest BCUT2D eigenvalue weighted by Gasteiger charge is 2.25. The van der Waals surface area contributed by atoms with E-state index >= 15 is 0 Å². The van der Waals surface area contributed by atoms with Crippen LogP contribution < -0.4 is 4.74 Å². The molecule has 1 aliphatic heterocycles. The minimum absolute atomic E-state index is 0.108. The fourth-order valence-electron chi connectivity index (χ4n) is 2.30. The minimum atomic E-state index is -0.390. The van der Waals surface area contributed by atoms with Crippen LogP contribution in [0.5, 0.6) is 5.75 Å². The van der Waals surface area contributed by atoms with Gasteiger partial charge in [0.15, 0.2) is 6.10 Å². The van der Waals surface area contributed by atoms with Gasteiger partial charge in [-0.15, -0.1) is 0 Å². The Morgan fingerprint density at radius 1 is 1.26 bits per heavy atom. The average Bonchev–Trinajstić information content (AvgIpc) is 2.47. The number of hydrogen-bond acceptors (Lipinski definition) is 2. The lowest BCUT2D eigenvalue weighted by molar-refractivity contribution is -0.139. The molecular weight excluding hydrogens is 262 g/mol. The number of halogens is 1. The molecule has 0 aliphatic carbocycles. The van der Waals surface area contributed by atoms with Gasteiger partial charge >= 0.3 is 0 Å². The third-order valence-corrected chi connectivity index (χ3v) is 3.66. The van der Waals surface area contributed by atoms with E-state index in [0.29, 0.717) is 17.2 Å². The molecule has 0 radical (unpaired) electrons. The molecule has 2 rings (SSSR count). The molecule has 1 unspecified atom stereocenters. The summed E-state index contributed by atoms with van der Waals surface area (Å²) < 4.78 is 5.78. The summed E-state index contributed by atoms with van der Waals surface area (Å²) in [6.07, 6.45) is 3.71. The Balaban J connectivity index is 1.98. The van der Waals surface area contributed by atoms with Gasteiger partial charge in [0.1, 0.15) is 5.75 Å². The first-order chi connectivity index (χ1) is 9.20. The van der Waals surface area contributed by atoms with Gasteiger partial charge in [0.25, 0.3) is 5.91 Å². The Bertz CT molecular complexity index is 413. The van der Waals surface area contributed by atoms with E-state index in [9.17, 15) is 4.79 Å². The van der Waals surface area contributed by atoms with Crippen molar-refractivity contribution in [2.24, 2.45) is 0 Å². The van der Waals surface area contributed by atoms with Crippen LogP contribution in [-0.2, 0) is 4.79 Å². The molecule has 4 heteroatoms. The van der Waals surface area contributed by atoms with E-state index in [2.05, 4.69) is 0 Å². The van der Waals surface area contributed by atoms with Gasteiger partial charge in [-0.1, -0.05) is 18.5 Å². The lowest BCUT2D eigenvalue weighted by Crippen LogP contribution is -2.44. The molecule has 1 saturated heterocycles. The predicted molar refractivity (Wildman–Crippen MR) is 76.6 cm³/mol. The minimum Gasteiger partial charge on any atom is -0.481 e. The van der Waals surface area contributed by atoms with Crippen molar-refractivity contribution in [3.05, 3.63) is 29.3 Å². The molecular formula is C15H20ClNO2. The maximum atomic E-state index is 12.4. The van der Waals surface area contributed by atoms with Crippen molar-refractivity contribution < 1.29 is 9.53 Å². The molecule has 1 amide bonds. The van der Waals surface area contributed by atoms with Gasteiger partial charge in [-0.2, -0.15) is 0 Å². The van der Waals surface area contributed by atoms with Crippen molar-refractivity contribution in [2.45, 2.75) is 38.7 Å². The van der Waals surface area contributed by atoms with Gasteiger partial charge in [-0.3, -0.25) is 4.79 Å². The third-order valence-electron chi connectivity index (χ3n) is 3.41. The zero-order valence-corrected chi connectivity index (χ0v) is 12.0. The van der Waals surface area contributed by atoms with E-state index in [1.807, 2.05) is 11.8 Å². The van der Waals surface area contributed by atoms with Gasteiger partial charge in [0, 0.05) is 18.1 Å². The standard InChI is InChI=1S/C15H20ClNO2/c1-2-14(15(18)17-10-4-3-5-11-17)19-13-8-6-12(16)7-9-13/h6-9,14H,2-5,10-11H2,1H3. The number of carbonyl (C=O) groups is 1. The predicted octanol–water partition coefficient (Wildman–Crippen LogP) is 3.51. The summed E-state index contributed by atoms with van der Waals surface area (Å²) in [7, 11) is 0. The van der Waals surface area contributed by atoms with Gasteiger partial charge in [-0.25, -0.2) is 0 Å². The van der Waals surface area contributed by atoms with Crippen LogP contribution in [0.3, 0.4) is 0 Å². The highest BCUT2D eigenvalue weighted by molar-refractivity contribution is 6.30. The first-order valence-electron chi connectivity index (χ1n) is 6.91. The lowest BCUT2D eigenvalue weighted by atomic mass is 10.1. The number of likely N-dealkylation sites (tertiary alicyclic amines) is 1. The molecule has 1 aliphatic rings. The number of amides is 1. The van der Waals surface area contributed by atoms with Gasteiger partial charge < -0.3 is 9.64 Å². The van der Waals surface area contributed by atoms with Crippen LogP contribution >= 0.6 is 11.6 Å². The Labute approximate surface area is 119 Å². The lowest BCUT2D eigenvalue weighted by Gasteiger charge is -2.30. The van der Waals surface area contributed by atoms with E-state index in [1.54, 1.807) is 24.3 Å². The fourth-order valence-corrected chi connectivity index (χ4v) is 2.43. The van der Waals surface area contributed by atoms with Crippen LogP contribution in [0.25, 0.3) is 0 Å². The van der Waals surface area contributed by atoms with Gasteiger partial charge in [0.05, 0.1) is 0 Å². The highest BCUT2D eigenvalue weighted by Crippen LogP contribution is 2.19. The summed E-state index contributed by atoms with van der Waals surface area (Å²) in [5.74, 6) is 0.804. The van der Waals surface area contributed by atoms with Crippen molar-refractivity contribution in [1.82, 2.24) is 4.90 Å². The zero-order chi connectivity index (χ0) is 13.7. The number of nitrogens with zero attached hydrogens (tertiary/aromatic N) is 1. The Morgan fingerprint density at radius 3 is 2.47 bits per heavy atom. The SMILES string of the molecule is CCC(Oc1ccc(Cl)cc1)C(=O)N1CCCCC1. The van der Waals surface area contributed by atoms with Crippen LogP contribution in [0.1, 0.15) is 32.6 Å². The Kier molecular flexibility index (Phi) is 5.08. The maximum absolute atomic E-state index is 12.4. The molecule has 3 nitrogen and oxygen atoms in total. The van der Waals surface area contributed by atoms with Gasteiger partial charge in [0.2, 0.25) is 0 Å². The molecule has 1 fully saturated rings. The number of benzene rings is 1. The van der Waals surface area contributed by atoms with Crippen LogP contribution in [-0.4, -0.2) is 30.0 Å². The molecule has 0 spiro atoms. The number of rotatable bonds is 4. The van der Waals surface area contributed by atoms with Crippen LogP contribution in [0.4, 0.5) is 0 Å². The second-order valence-electron chi connectivity index (χ2n) is 4.85. The molecule has 0 bridgehead atoms. The molecule has 0 aromatic heterocycles. The Morgan fingerprint density at radius 2 is 1.89 bits per heavy atom. The average molecular weight is 282 g/mol. The fraction of sp³-hybridized carbons (Fsp3) is 0.533. The van der Waals surface area contributed by atoms with E-state index < -0.39 is 0 Å². The summed E-state index contributed by atoms with van der Waals surface area (Å²) in [6, 6.07) is 7.15. The number of ether oxygens (including phenoxy) is 1. The van der Waals surface area contributed by atoms with E-state index in [1.165, 1.54) is 6.42 Å². The number of hydrogen-bond donors (Lipinski definition) is 0. The summed E-state index contributed by atoms with van der Waals surface area (Å²) in [5, 5.41) is 0.669. The molecule has 0 N–H and O–H groups in total. The van der Waals surface area contributed by atoms with E-state index in [4.69, 9.17) is 16.3 Å². The molecule has 1 atom stereocenters. The second kappa shape index (κ2) is 6.80. The van der Waals surface area contributed by atoms with E-state index in [-0.39, 0.29) is 12.0 Å². The smallest absolute Gasteiger partial charge is 0.263 e. The van der Waals surface area contributed by atoms with Crippen LogP contribution in [0.2, 0.25) is 5.02 Å². The van der Waals surface area contributed by atoms with Crippen molar-refractivity contribution in [3.8, 4) is 5.75 Å². The zero-order valence-electron chi connectivity index (χ0n) is 11.3. The highest BCUT2D eigenvalue weighted by atomic mass is 35.5. The first-order valence-corrected chi connectivity index (χ1v) is 7.29. The number of carbonyl (C=O) groups excluding carboxylic acids is 1. The summed E-state index contributed by atoms with van der Waals surface area (Å²) in [4.78, 5) is 14.3. The normalized spacial score (nSPS) is 17.1. The molecule has 1 aromatic rings. The van der Waals surface area contributed by atoms with Crippen molar-refractivity contribution in [1.29, 1.82) is 0 Å². The maximum Gasteiger partial charge on any atom is 0.263 e.